The molecule has 144 valence electrons. The molecule has 0 aliphatic heterocycles. The third kappa shape index (κ3) is 3.78. The number of pyridine rings is 2. The normalized spacial score (nSPS) is 10.8. The second kappa shape index (κ2) is 7.67. The van der Waals surface area contributed by atoms with Crippen molar-refractivity contribution in [2.24, 2.45) is 0 Å². The smallest absolute Gasteiger partial charge is 0.291 e. The molecule has 0 aliphatic rings. The number of ether oxygens (including phenoxy) is 1. The van der Waals surface area contributed by atoms with Crippen LogP contribution in [0.5, 0.6) is 5.88 Å². The molecular formula is C23H19N3O3. The Labute approximate surface area is 168 Å². The predicted octanol–water partition coefficient (Wildman–Crippen LogP) is 5.11. The lowest BCUT2D eigenvalue weighted by molar-refractivity contribution is -0.385. The number of methoxy groups -OCH3 is 1. The van der Waals surface area contributed by atoms with Gasteiger partial charge in [-0.1, -0.05) is 42.0 Å². The first kappa shape index (κ1) is 18.6. The van der Waals surface area contributed by atoms with Crippen LogP contribution in [-0.2, 0) is 6.42 Å². The Bertz CT molecular complexity index is 1220. The van der Waals surface area contributed by atoms with Gasteiger partial charge in [0.1, 0.15) is 6.20 Å². The van der Waals surface area contributed by atoms with Gasteiger partial charge in [-0.2, -0.15) is 0 Å². The van der Waals surface area contributed by atoms with Crippen molar-refractivity contribution in [1.29, 1.82) is 0 Å². The van der Waals surface area contributed by atoms with E-state index < -0.39 is 0 Å². The summed E-state index contributed by atoms with van der Waals surface area (Å²) in [6, 6.07) is 19.2. The highest BCUT2D eigenvalue weighted by molar-refractivity contribution is 5.89. The number of aryl methyl sites for hydroxylation is 1. The van der Waals surface area contributed by atoms with Gasteiger partial charge in [0.2, 0.25) is 5.88 Å². The zero-order valence-electron chi connectivity index (χ0n) is 16.1. The Kier molecular flexibility index (Phi) is 4.91. The molecule has 2 aromatic carbocycles. The maximum Gasteiger partial charge on any atom is 0.291 e. The molecular weight excluding hydrogens is 366 g/mol. The molecule has 2 heterocycles. The van der Waals surface area contributed by atoms with Gasteiger partial charge >= 0.3 is 0 Å². The van der Waals surface area contributed by atoms with Gasteiger partial charge in [0.05, 0.1) is 23.2 Å². The Morgan fingerprint density at radius 3 is 2.66 bits per heavy atom. The average molecular weight is 385 g/mol. The third-order valence-corrected chi connectivity index (χ3v) is 4.85. The summed E-state index contributed by atoms with van der Waals surface area (Å²) < 4.78 is 5.22. The number of aromatic nitrogens is 2. The molecule has 0 saturated carbocycles. The molecule has 0 aliphatic carbocycles. The molecule has 4 rings (SSSR count). The van der Waals surface area contributed by atoms with Gasteiger partial charge in [0.25, 0.3) is 5.69 Å². The Morgan fingerprint density at radius 1 is 1.07 bits per heavy atom. The topological polar surface area (TPSA) is 78.2 Å². The van der Waals surface area contributed by atoms with Gasteiger partial charge in [-0.15, -0.1) is 0 Å². The van der Waals surface area contributed by atoms with Crippen molar-refractivity contribution in [3.8, 4) is 17.1 Å². The molecule has 6 nitrogen and oxygen atoms in total. The quantitative estimate of drug-likeness (QED) is 0.352. The van der Waals surface area contributed by atoms with E-state index in [0.717, 1.165) is 27.8 Å². The van der Waals surface area contributed by atoms with Gasteiger partial charge in [-0.3, -0.25) is 10.1 Å². The number of rotatable bonds is 5. The zero-order chi connectivity index (χ0) is 20.4. The Hall–Kier alpha value is -3.80. The molecule has 0 atom stereocenters. The number of fused-ring (bicyclic) bond motifs is 1. The lowest BCUT2D eigenvalue weighted by Crippen LogP contribution is -2.00. The molecule has 2 aromatic heterocycles. The van der Waals surface area contributed by atoms with Gasteiger partial charge in [0, 0.05) is 29.0 Å². The third-order valence-electron chi connectivity index (χ3n) is 4.85. The number of hydrogen-bond acceptors (Lipinski definition) is 5. The highest BCUT2D eigenvalue weighted by Crippen LogP contribution is 2.32. The summed E-state index contributed by atoms with van der Waals surface area (Å²) in [6.45, 7) is 2.01. The molecule has 0 bridgehead atoms. The second-order valence-corrected chi connectivity index (χ2v) is 6.84. The van der Waals surface area contributed by atoms with E-state index in [1.807, 2.05) is 61.5 Å². The van der Waals surface area contributed by atoms with Crippen molar-refractivity contribution < 1.29 is 9.66 Å². The molecule has 4 aromatic rings. The minimum Gasteiger partial charge on any atom is -0.481 e. The lowest BCUT2D eigenvalue weighted by atomic mass is 9.97. The Morgan fingerprint density at radius 2 is 1.90 bits per heavy atom. The SMILES string of the molecule is COc1cccc(-c2ccc3ncc([N+](=O)[O-])c(Cc4cccc(C)c4)c3c2)n1. The van der Waals surface area contributed by atoms with Crippen molar-refractivity contribution in [3.63, 3.8) is 0 Å². The molecule has 0 amide bonds. The summed E-state index contributed by atoms with van der Waals surface area (Å²) >= 11 is 0. The van der Waals surface area contributed by atoms with E-state index >= 15 is 0 Å². The molecule has 29 heavy (non-hydrogen) atoms. The molecule has 0 radical (unpaired) electrons. The zero-order valence-corrected chi connectivity index (χ0v) is 16.1. The highest BCUT2D eigenvalue weighted by atomic mass is 16.6. The second-order valence-electron chi connectivity index (χ2n) is 6.84. The maximum atomic E-state index is 11.7. The summed E-state index contributed by atoms with van der Waals surface area (Å²) in [6.07, 6.45) is 1.79. The van der Waals surface area contributed by atoms with E-state index in [9.17, 15) is 10.1 Å². The maximum absolute atomic E-state index is 11.7. The summed E-state index contributed by atoms with van der Waals surface area (Å²) in [4.78, 5) is 20.1. The summed E-state index contributed by atoms with van der Waals surface area (Å²) in [7, 11) is 1.57. The fourth-order valence-corrected chi connectivity index (χ4v) is 3.45. The van der Waals surface area contributed by atoms with Gasteiger partial charge in [0.15, 0.2) is 0 Å². The van der Waals surface area contributed by atoms with Crippen molar-refractivity contribution in [1.82, 2.24) is 9.97 Å². The number of nitro groups is 1. The van der Waals surface area contributed by atoms with E-state index in [-0.39, 0.29) is 10.6 Å². The van der Waals surface area contributed by atoms with E-state index in [1.54, 1.807) is 13.2 Å². The van der Waals surface area contributed by atoms with Crippen LogP contribution in [0.2, 0.25) is 0 Å². The summed E-state index contributed by atoms with van der Waals surface area (Å²) in [5, 5.41) is 12.5. The van der Waals surface area contributed by atoms with Crippen LogP contribution in [0, 0.1) is 17.0 Å². The summed E-state index contributed by atoms with van der Waals surface area (Å²) in [5.41, 5.74) is 5.11. The fraction of sp³-hybridized carbons (Fsp3) is 0.130. The molecule has 0 spiro atoms. The highest BCUT2D eigenvalue weighted by Gasteiger charge is 2.19. The van der Waals surface area contributed by atoms with Crippen LogP contribution in [0.1, 0.15) is 16.7 Å². The Balaban J connectivity index is 1.90. The van der Waals surface area contributed by atoms with Gasteiger partial charge in [-0.05, 0) is 30.7 Å². The lowest BCUT2D eigenvalue weighted by Gasteiger charge is -2.10. The van der Waals surface area contributed by atoms with E-state index in [1.165, 1.54) is 6.20 Å². The van der Waals surface area contributed by atoms with Gasteiger partial charge < -0.3 is 4.74 Å². The predicted molar refractivity (Wildman–Crippen MR) is 112 cm³/mol. The monoisotopic (exact) mass is 385 g/mol. The minimum absolute atomic E-state index is 0.0229. The minimum atomic E-state index is -0.367. The largest absolute Gasteiger partial charge is 0.481 e. The van der Waals surface area contributed by atoms with Crippen LogP contribution in [0.25, 0.3) is 22.2 Å². The van der Waals surface area contributed by atoms with Crippen LogP contribution in [-0.4, -0.2) is 22.0 Å². The molecule has 0 fully saturated rings. The number of nitrogens with zero attached hydrogens (tertiary/aromatic N) is 3. The van der Waals surface area contributed by atoms with E-state index in [4.69, 9.17) is 4.74 Å². The van der Waals surface area contributed by atoms with Crippen LogP contribution in [0.4, 0.5) is 5.69 Å². The first-order chi connectivity index (χ1) is 14.0. The first-order valence-electron chi connectivity index (χ1n) is 9.18. The fourth-order valence-electron chi connectivity index (χ4n) is 3.45. The van der Waals surface area contributed by atoms with E-state index in [0.29, 0.717) is 23.4 Å². The van der Waals surface area contributed by atoms with Crippen LogP contribution in [0.15, 0.2) is 66.9 Å². The molecule has 0 unspecified atom stereocenters. The van der Waals surface area contributed by atoms with Crippen molar-refractivity contribution in [2.75, 3.05) is 7.11 Å². The van der Waals surface area contributed by atoms with E-state index in [2.05, 4.69) is 9.97 Å². The first-order valence-corrected chi connectivity index (χ1v) is 9.18. The van der Waals surface area contributed by atoms with Crippen LogP contribution < -0.4 is 4.74 Å². The van der Waals surface area contributed by atoms with Crippen molar-refractivity contribution in [2.45, 2.75) is 13.3 Å². The van der Waals surface area contributed by atoms with Crippen LogP contribution >= 0.6 is 0 Å². The molecule has 0 saturated heterocycles. The number of benzene rings is 2. The van der Waals surface area contributed by atoms with Crippen molar-refractivity contribution >= 4 is 16.6 Å². The summed E-state index contributed by atoms with van der Waals surface area (Å²) in [5.74, 6) is 0.514. The molecule has 6 heteroatoms. The van der Waals surface area contributed by atoms with Crippen LogP contribution in [0.3, 0.4) is 0 Å². The van der Waals surface area contributed by atoms with Gasteiger partial charge in [-0.25, -0.2) is 9.97 Å². The number of hydrogen-bond donors (Lipinski definition) is 0. The standard InChI is InChI=1S/C23H19N3O3/c1-15-5-3-6-16(11-15)12-19-18-13-17(20-7-4-8-23(25-20)29-2)9-10-21(18)24-14-22(19)26(27)28/h3-11,13-14H,12H2,1-2H3. The van der Waals surface area contributed by atoms with Crippen molar-refractivity contribution in [3.05, 3.63) is 93.7 Å². The average Bonchev–Trinajstić information content (AvgIpc) is 2.73. The molecule has 0 N–H and O–H groups in total.